The van der Waals surface area contributed by atoms with E-state index in [1.54, 1.807) is 0 Å². The molecule has 1 rings (SSSR count). The number of amides is 4. The number of aliphatic carboxylic acids is 1. The molecular weight excluding hydrogens is 252 g/mol. The first-order chi connectivity index (χ1) is 8.92. The molecule has 1 saturated heterocycles. The molecule has 1 heterocycles. The predicted octanol–water partition coefficient (Wildman–Crippen LogP) is 0.784. The first kappa shape index (κ1) is 15.1. The normalized spacial score (nSPS) is 17.8. The molecule has 19 heavy (non-hydrogen) atoms. The second-order valence-corrected chi connectivity index (χ2v) is 4.67. The van der Waals surface area contributed by atoms with E-state index in [1.807, 2.05) is 6.92 Å². The van der Waals surface area contributed by atoms with Gasteiger partial charge in [-0.15, -0.1) is 0 Å². The van der Waals surface area contributed by atoms with Crippen molar-refractivity contribution >= 4 is 23.8 Å². The monoisotopic (exact) mass is 270 g/mol. The van der Waals surface area contributed by atoms with Crippen molar-refractivity contribution in [2.24, 2.45) is 5.41 Å². The first-order valence-electron chi connectivity index (χ1n) is 6.31. The van der Waals surface area contributed by atoms with Crippen LogP contribution in [0, 0.1) is 5.41 Å². The molecule has 7 nitrogen and oxygen atoms in total. The number of barbiturate groups is 1. The van der Waals surface area contributed by atoms with Crippen molar-refractivity contribution in [2.45, 2.75) is 45.4 Å². The van der Waals surface area contributed by atoms with Crippen LogP contribution in [-0.2, 0) is 14.4 Å². The Morgan fingerprint density at radius 2 is 1.68 bits per heavy atom. The highest BCUT2D eigenvalue weighted by atomic mass is 16.4. The van der Waals surface area contributed by atoms with Gasteiger partial charge < -0.3 is 5.11 Å². The maximum Gasteiger partial charge on any atom is 0.328 e. The standard InChI is InChI=1S/C12H18N2O5/c1-2-6-12(7-4-3-5-8(15)16)9(17)13-11(19)14-10(12)18/h2-7H2,1H3,(H,15,16)(H2,13,14,17,18,19). The first-order valence-corrected chi connectivity index (χ1v) is 6.31. The Bertz CT molecular complexity index is 385. The van der Waals surface area contributed by atoms with Crippen LogP contribution in [0.5, 0.6) is 0 Å². The Morgan fingerprint density at radius 3 is 2.16 bits per heavy atom. The van der Waals surface area contributed by atoms with Crippen LogP contribution in [0.4, 0.5) is 4.79 Å². The largest absolute Gasteiger partial charge is 0.481 e. The smallest absolute Gasteiger partial charge is 0.328 e. The Kier molecular flexibility index (Phi) is 5.02. The second kappa shape index (κ2) is 6.31. The number of urea groups is 1. The molecule has 0 radical (unpaired) electrons. The lowest BCUT2D eigenvalue weighted by molar-refractivity contribution is -0.145. The van der Waals surface area contributed by atoms with Crippen molar-refractivity contribution in [3.63, 3.8) is 0 Å². The van der Waals surface area contributed by atoms with E-state index >= 15 is 0 Å². The molecule has 1 aliphatic rings. The van der Waals surface area contributed by atoms with Crippen molar-refractivity contribution in [1.29, 1.82) is 0 Å². The van der Waals surface area contributed by atoms with Gasteiger partial charge in [0, 0.05) is 6.42 Å². The summed E-state index contributed by atoms with van der Waals surface area (Å²) in [5.41, 5.74) is -1.25. The third-order valence-corrected chi connectivity index (χ3v) is 3.24. The zero-order chi connectivity index (χ0) is 14.5. The number of carbonyl (C=O) groups excluding carboxylic acids is 3. The fourth-order valence-electron chi connectivity index (χ4n) is 2.29. The number of carbonyl (C=O) groups is 4. The van der Waals surface area contributed by atoms with Crippen LogP contribution in [0.25, 0.3) is 0 Å². The van der Waals surface area contributed by atoms with E-state index in [-0.39, 0.29) is 12.8 Å². The van der Waals surface area contributed by atoms with Crippen LogP contribution in [-0.4, -0.2) is 28.9 Å². The minimum atomic E-state index is -1.25. The summed E-state index contributed by atoms with van der Waals surface area (Å²) in [4.78, 5) is 45.4. The van der Waals surface area contributed by atoms with Crippen molar-refractivity contribution in [1.82, 2.24) is 10.6 Å². The Balaban J connectivity index is 2.72. The van der Waals surface area contributed by atoms with Crippen molar-refractivity contribution < 1.29 is 24.3 Å². The van der Waals surface area contributed by atoms with E-state index in [0.29, 0.717) is 25.7 Å². The molecule has 106 valence electrons. The molecule has 0 unspecified atom stereocenters. The van der Waals surface area contributed by atoms with Crippen LogP contribution >= 0.6 is 0 Å². The van der Waals surface area contributed by atoms with E-state index in [4.69, 9.17) is 5.11 Å². The summed E-state index contributed by atoms with van der Waals surface area (Å²) >= 11 is 0. The number of hydrogen-bond donors (Lipinski definition) is 3. The molecule has 0 aliphatic carbocycles. The average molecular weight is 270 g/mol. The number of nitrogens with one attached hydrogen (secondary N) is 2. The van der Waals surface area contributed by atoms with Gasteiger partial charge >= 0.3 is 12.0 Å². The minimum Gasteiger partial charge on any atom is -0.481 e. The maximum absolute atomic E-state index is 11.9. The van der Waals surface area contributed by atoms with Gasteiger partial charge in [0.05, 0.1) is 0 Å². The van der Waals surface area contributed by atoms with E-state index in [9.17, 15) is 19.2 Å². The molecule has 0 spiro atoms. The molecule has 1 aliphatic heterocycles. The highest BCUT2D eigenvalue weighted by Gasteiger charge is 2.48. The highest BCUT2D eigenvalue weighted by molar-refractivity contribution is 6.19. The van der Waals surface area contributed by atoms with Crippen molar-refractivity contribution in [2.75, 3.05) is 0 Å². The van der Waals surface area contributed by atoms with Gasteiger partial charge in [0.15, 0.2) is 0 Å². The number of hydrogen-bond acceptors (Lipinski definition) is 4. The van der Waals surface area contributed by atoms with Gasteiger partial charge in [0.25, 0.3) is 0 Å². The molecule has 0 atom stereocenters. The number of imide groups is 2. The fraction of sp³-hybridized carbons (Fsp3) is 0.667. The molecule has 0 aromatic carbocycles. The predicted molar refractivity (Wildman–Crippen MR) is 65.1 cm³/mol. The summed E-state index contributed by atoms with van der Waals surface area (Å²) in [5.74, 6) is -2.07. The van der Waals surface area contributed by atoms with E-state index in [0.717, 1.165) is 0 Å². The van der Waals surface area contributed by atoms with Crippen LogP contribution in [0.1, 0.15) is 45.4 Å². The quantitative estimate of drug-likeness (QED) is 0.467. The summed E-state index contributed by atoms with van der Waals surface area (Å²) in [6.07, 6.45) is 2.05. The maximum atomic E-state index is 11.9. The van der Waals surface area contributed by atoms with Gasteiger partial charge in [-0.25, -0.2) is 4.79 Å². The van der Waals surface area contributed by atoms with Gasteiger partial charge in [0.1, 0.15) is 5.41 Å². The lowest BCUT2D eigenvalue weighted by Gasteiger charge is -2.33. The molecule has 7 heteroatoms. The fourth-order valence-corrected chi connectivity index (χ4v) is 2.29. The van der Waals surface area contributed by atoms with Crippen LogP contribution in [0.3, 0.4) is 0 Å². The zero-order valence-electron chi connectivity index (χ0n) is 10.8. The molecule has 4 amide bonds. The average Bonchev–Trinajstić information content (AvgIpc) is 2.30. The molecule has 1 fully saturated rings. The molecule has 0 aromatic rings. The van der Waals surface area contributed by atoms with Crippen LogP contribution in [0.2, 0.25) is 0 Å². The number of rotatable bonds is 7. The highest BCUT2D eigenvalue weighted by Crippen LogP contribution is 2.33. The SMILES string of the molecule is CCCC1(CCCCC(=O)O)C(=O)NC(=O)NC1=O. The molecule has 0 saturated carbocycles. The lowest BCUT2D eigenvalue weighted by atomic mass is 9.76. The lowest BCUT2D eigenvalue weighted by Crippen LogP contribution is -2.62. The summed E-state index contributed by atoms with van der Waals surface area (Å²) in [5, 5.41) is 12.8. The van der Waals surface area contributed by atoms with Gasteiger partial charge in [-0.1, -0.05) is 19.8 Å². The van der Waals surface area contributed by atoms with Crippen molar-refractivity contribution in [3.05, 3.63) is 0 Å². The van der Waals surface area contributed by atoms with Gasteiger partial charge in [-0.2, -0.15) is 0 Å². The summed E-state index contributed by atoms with van der Waals surface area (Å²) in [6.45, 7) is 1.84. The molecular formula is C12H18N2O5. The Morgan fingerprint density at radius 1 is 1.11 bits per heavy atom. The summed E-state index contributed by atoms with van der Waals surface area (Å²) in [7, 11) is 0. The minimum absolute atomic E-state index is 0.00434. The number of unbranched alkanes of at least 4 members (excludes halogenated alkanes) is 1. The topological polar surface area (TPSA) is 113 Å². The Hall–Kier alpha value is -1.92. The van der Waals surface area contributed by atoms with Gasteiger partial charge in [0.2, 0.25) is 11.8 Å². The van der Waals surface area contributed by atoms with E-state index in [2.05, 4.69) is 10.6 Å². The third-order valence-electron chi connectivity index (χ3n) is 3.24. The van der Waals surface area contributed by atoms with Gasteiger partial charge in [-0.3, -0.25) is 25.0 Å². The second-order valence-electron chi connectivity index (χ2n) is 4.67. The summed E-state index contributed by atoms with van der Waals surface area (Å²) < 4.78 is 0. The molecule has 0 aromatic heterocycles. The van der Waals surface area contributed by atoms with Crippen LogP contribution < -0.4 is 10.6 Å². The van der Waals surface area contributed by atoms with Gasteiger partial charge in [-0.05, 0) is 19.3 Å². The molecule has 0 bridgehead atoms. The number of carboxylic acids is 1. The van der Waals surface area contributed by atoms with E-state index < -0.39 is 29.2 Å². The Labute approximate surface area is 110 Å². The zero-order valence-corrected chi connectivity index (χ0v) is 10.8. The number of carboxylic acid groups (broad SMARTS) is 1. The van der Waals surface area contributed by atoms with E-state index in [1.165, 1.54) is 0 Å². The van der Waals surface area contributed by atoms with Crippen molar-refractivity contribution in [3.8, 4) is 0 Å². The van der Waals surface area contributed by atoms with Crippen LogP contribution in [0.15, 0.2) is 0 Å². The summed E-state index contributed by atoms with van der Waals surface area (Å²) in [6, 6.07) is -0.799. The third kappa shape index (κ3) is 3.52. The molecule has 3 N–H and O–H groups in total.